The summed E-state index contributed by atoms with van der Waals surface area (Å²) in [4.78, 5) is 36.9. The van der Waals surface area contributed by atoms with E-state index in [2.05, 4.69) is 34.5 Å². The van der Waals surface area contributed by atoms with Gasteiger partial charge in [0.05, 0.1) is 5.56 Å². The molecule has 42 heavy (non-hydrogen) atoms. The molecular formula is C33H39N5O4. The molecule has 0 saturated carbocycles. The molecule has 1 aliphatic heterocycles. The molecule has 3 aromatic heterocycles. The number of aromatic carboxylic acids is 1. The van der Waals surface area contributed by atoms with Crippen LogP contribution in [0, 0.1) is 0 Å². The van der Waals surface area contributed by atoms with E-state index >= 15 is 0 Å². The second-order valence-electron chi connectivity index (χ2n) is 12.1. The minimum absolute atomic E-state index is 0.204. The number of piperidine rings is 1. The van der Waals surface area contributed by atoms with Gasteiger partial charge in [0.1, 0.15) is 17.1 Å². The molecule has 0 aliphatic carbocycles. The second-order valence-corrected chi connectivity index (χ2v) is 12.1. The Bertz CT molecular complexity index is 1580. The highest BCUT2D eigenvalue weighted by atomic mass is 16.6. The minimum Gasteiger partial charge on any atom is -0.478 e. The number of rotatable bonds is 6. The molecule has 0 unspecified atom stereocenters. The van der Waals surface area contributed by atoms with Crippen molar-refractivity contribution >= 4 is 28.9 Å². The third-order valence-electron chi connectivity index (χ3n) is 8.17. The molecule has 0 spiro atoms. The van der Waals surface area contributed by atoms with Crippen LogP contribution in [0.1, 0.15) is 74.1 Å². The van der Waals surface area contributed by atoms with Gasteiger partial charge in [0.25, 0.3) is 0 Å². The molecule has 0 radical (unpaired) electrons. The predicted molar refractivity (Wildman–Crippen MR) is 164 cm³/mol. The van der Waals surface area contributed by atoms with Crippen molar-refractivity contribution in [2.24, 2.45) is 7.05 Å². The Morgan fingerprint density at radius 1 is 1.05 bits per heavy atom. The Balaban J connectivity index is 1.32. The van der Waals surface area contributed by atoms with Gasteiger partial charge >= 0.3 is 12.1 Å². The number of benzene rings is 1. The highest BCUT2D eigenvalue weighted by molar-refractivity contribution is 5.94. The molecule has 4 aromatic rings. The standard InChI is InChI=1S/C33H39N5O4/c1-21(38-17-14-23(15-18-38)22-7-9-24(10-8-22)31(39)40)28-19-27-26(13-16-34-30(27)36(28)5)25-11-12-29(35-20-25)37(6)32(41)42-33(2,3)4/h7-13,16,19-21,23H,14-15,17-18H2,1-6H3,(H,39,40)/t21-/m0/s1. The number of carboxylic acids is 1. The maximum absolute atomic E-state index is 12.5. The maximum atomic E-state index is 12.5. The number of nitrogens with zero attached hydrogens (tertiary/aromatic N) is 5. The Hall–Kier alpha value is -4.24. The van der Waals surface area contributed by atoms with Gasteiger partial charge in [-0.15, -0.1) is 0 Å². The number of aryl methyl sites for hydroxylation is 1. The van der Waals surface area contributed by atoms with E-state index < -0.39 is 17.7 Å². The molecule has 1 aromatic carbocycles. The molecule has 9 heteroatoms. The zero-order valence-electron chi connectivity index (χ0n) is 25.2. The van der Waals surface area contributed by atoms with Crippen LogP contribution in [0.5, 0.6) is 0 Å². The number of carboxylic acid groups (broad SMARTS) is 1. The summed E-state index contributed by atoms with van der Waals surface area (Å²) >= 11 is 0. The number of carbonyl (C=O) groups excluding carboxylic acids is 1. The van der Waals surface area contributed by atoms with Gasteiger partial charge in [-0.3, -0.25) is 9.80 Å². The van der Waals surface area contributed by atoms with Crippen LogP contribution in [0.4, 0.5) is 10.6 Å². The number of aromatic nitrogens is 3. The summed E-state index contributed by atoms with van der Waals surface area (Å²) in [5, 5.41) is 10.3. The van der Waals surface area contributed by atoms with Crippen molar-refractivity contribution in [3.05, 3.63) is 77.7 Å². The molecule has 4 heterocycles. The topological polar surface area (TPSA) is 101 Å². The Kier molecular flexibility index (Phi) is 8.06. The Morgan fingerprint density at radius 3 is 2.33 bits per heavy atom. The lowest BCUT2D eigenvalue weighted by atomic mass is 9.88. The number of hydrogen-bond acceptors (Lipinski definition) is 6. The monoisotopic (exact) mass is 569 g/mol. The van der Waals surface area contributed by atoms with Gasteiger partial charge in [-0.1, -0.05) is 12.1 Å². The largest absolute Gasteiger partial charge is 0.478 e. The predicted octanol–water partition coefficient (Wildman–Crippen LogP) is 6.65. The number of pyridine rings is 2. The van der Waals surface area contributed by atoms with Crippen LogP contribution >= 0.6 is 0 Å². The average Bonchev–Trinajstić information content (AvgIpc) is 3.32. The van der Waals surface area contributed by atoms with Gasteiger partial charge in [0.15, 0.2) is 0 Å². The summed E-state index contributed by atoms with van der Waals surface area (Å²) in [6, 6.07) is 15.6. The van der Waals surface area contributed by atoms with Crippen molar-refractivity contribution in [2.45, 2.75) is 58.1 Å². The number of hydrogen-bond donors (Lipinski definition) is 1. The van der Waals surface area contributed by atoms with E-state index in [0.717, 1.165) is 48.1 Å². The zero-order valence-corrected chi connectivity index (χ0v) is 25.2. The van der Waals surface area contributed by atoms with Crippen molar-refractivity contribution in [3.8, 4) is 11.1 Å². The highest BCUT2D eigenvalue weighted by Gasteiger charge is 2.27. The van der Waals surface area contributed by atoms with Crippen molar-refractivity contribution in [1.82, 2.24) is 19.4 Å². The van der Waals surface area contributed by atoms with E-state index in [9.17, 15) is 14.7 Å². The van der Waals surface area contributed by atoms with Crippen LogP contribution in [0.2, 0.25) is 0 Å². The van der Waals surface area contributed by atoms with E-state index in [-0.39, 0.29) is 6.04 Å². The minimum atomic E-state index is -0.892. The van der Waals surface area contributed by atoms with Crippen LogP contribution < -0.4 is 4.90 Å². The van der Waals surface area contributed by atoms with E-state index in [0.29, 0.717) is 17.3 Å². The number of fused-ring (bicyclic) bond motifs is 1. The molecule has 1 amide bonds. The van der Waals surface area contributed by atoms with E-state index in [1.807, 2.05) is 57.3 Å². The molecule has 1 fully saturated rings. The molecule has 1 aliphatic rings. The first-order valence-corrected chi connectivity index (χ1v) is 14.4. The second kappa shape index (κ2) is 11.6. The average molecular weight is 570 g/mol. The van der Waals surface area contributed by atoms with Crippen molar-refractivity contribution < 1.29 is 19.4 Å². The van der Waals surface area contributed by atoms with Gasteiger partial charge in [0.2, 0.25) is 0 Å². The molecule has 0 bridgehead atoms. The van der Waals surface area contributed by atoms with Crippen LogP contribution in [0.15, 0.2) is 60.9 Å². The Labute approximate surface area is 246 Å². The zero-order chi connectivity index (χ0) is 30.2. The number of anilines is 1. The summed E-state index contributed by atoms with van der Waals surface area (Å²) in [6.07, 6.45) is 5.22. The van der Waals surface area contributed by atoms with Gasteiger partial charge in [-0.2, -0.15) is 0 Å². The molecule has 1 saturated heterocycles. The lowest BCUT2D eigenvalue weighted by Crippen LogP contribution is -2.35. The first-order chi connectivity index (χ1) is 19.9. The fourth-order valence-corrected chi connectivity index (χ4v) is 5.76. The summed E-state index contributed by atoms with van der Waals surface area (Å²) < 4.78 is 7.65. The first kappa shape index (κ1) is 29.3. The van der Waals surface area contributed by atoms with E-state index in [1.54, 1.807) is 25.4 Å². The molecule has 220 valence electrons. The number of carbonyl (C=O) groups is 2. The molecule has 1 N–H and O–H groups in total. The third-order valence-corrected chi connectivity index (χ3v) is 8.17. The van der Waals surface area contributed by atoms with E-state index in [1.165, 1.54) is 16.2 Å². The molecular weight excluding hydrogens is 530 g/mol. The lowest BCUT2D eigenvalue weighted by molar-refractivity contribution is 0.0587. The summed E-state index contributed by atoms with van der Waals surface area (Å²) in [6.45, 7) is 9.69. The summed E-state index contributed by atoms with van der Waals surface area (Å²) in [5.74, 6) is 0.0562. The summed E-state index contributed by atoms with van der Waals surface area (Å²) in [7, 11) is 3.72. The quantitative estimate of drug-likeness (QED) is 0.278. The molecule has 9 nitrogen and oxygen atoms in total. The SMILES string of the molecule is C[C@@H](c1cc2c(-c3ccc(N(C)C(=O)OC(C)(C)C)nc3)ccnc2n1C)N1CCC(c2ccc(C(=O)O)cc2)CC1. The normalized spacial score (nSPS) is 15.5. The fourth-order valence-electron chi connectivity index (χ4n) is 5.76. The van der Waals surface area contributed by atoms with Crippen molar-refractivity contribution in [1.29, 1.82) is 0 Å². The third kappa shape index (κ3) is 6.01. The maximum Gasteiger partial charge on any atom is 0.415 e. The highest BCUT2D eigenvalue weighted by Crippen LogP contribution is 2.36. The van der Waals surface area contributed by atoms with Gasteiger partial charge < -0.3 is 14.4 Å². The van der Waals surface area contributed by atoms with Crippen LogP contribution in [0.25, 0.3) is 22.2 Å². The lowest BCUT2D eigenvalue weighted by Gasteiger charge is -2.36. The number of ether oxygens (including phenoxy) is 1. The smallest absolute Gasteiger partial charge is 0.415 e. The van der Waals surface area contributed by atoms with Crippen LogP contribution in [-0.2, 0) is 11.8 Å². The molecule has 1 atom stereocenters. The first-order valence-electron chi connectivity index (χ1n) is 14.4. The van der Waals surface area contributed by atoms with Gasteiger partial charge in [-0.05, 0) is 107 Å². The Morgan fingerprint density at radius 2 is 1.74 bits per heavy atom. The van der Waals surface area contributed by atoms with E-state index in [4.69, 9.17) is 9.72 Å². The molecule has 5 rings (SSSR count). The van der Waals surface area contributed by atoms with Gasteiger partial charge in [-0.25, -0.2) is 19.6 Å². The van der Waals surface area contributed by atoms with Crippen molar-refractivity contribution in [2.75, 3.05) is 25.0 Å². The van der Waals surface area contributed by atoms with Gasteiger partial charge in [0, 0.05) is 49.2 Å². The summed E-state index contributed by atoms with van der Waals surface area (Å²) in [5.41, 5.74) is 5.05. The number of amides is 1. The number of likely N-dealkylation sites (tertiary alicyclic amines) is 1. The fraction of sp³-hybridized carbons (Fsp3) is 0.394. The van der Waals surface area contributed by atoms with Crippen LogP contribution in [0.3, 0.4) is 0 Å². The van der Waals surface area contributed by atoms with Crippen LogP contribution in [-0.4, -0.2) is 62.3 Å². The van der Waals surface area contributed by atoms with Crippen molar-refractivity contribution in [3.63, 3.8) is 0 Å².